The Morgan fingerprint density at radius 2 is 2.09 bits per heavy atom. The quantitative estimate of drug-likeness (QED) is 0.861. The second-order valence-electron chi connectivity index (χ2n) is 5.41. The lowest BCUT2D eigenvalue weighted by Crippen LogP contribution is -2.30. The molecule has 0 radical (unpaired) electrons. The second-order valence-corrected chi connectivity index (χ2v) is 5.41. The molecule has 0 spiro atoms. The van der Waals surface area contributed by atoms with E-state index in [2.05, 4.69) is 10.1 Å². The van der Waals surface area contributed by atoms with Gasteiger partial charge in [-0.25, -0.2) is 0 Å². The highest BCUT2D eigenvalue weighted by molar-refractivity contribution is 5.95. The first kappa shape index (κ1) is 15.3. The van der Waals surface area contributed by atoms with E-state index in [0.29, 0.717) is 35.3 Å². The maximum absolute atomic E-state index is 12.8. The van der Waals surface area contributed by atoms with Gasteiger partial charge in [0, 0.05) is 12.1 Å². The van der Waals surface area contributed by atoms with Gasteiger partial charge < -0.3 is 18.9 Å². The summed E-state index contributed by atoms with van der Waals surface area (Å²) in [5.74, 6) is 2.11. The topological polar surface area (TPSA) is 77.7 Å². The number of hydrogen-bond acceptors (Lipinski definition) is 6. The Balaban J connectivity index is 1.87. The summed E-state index contributed by atoms with van der Waals surface area (Å²) in [5, 5.41) is 3.82. The fourth-order valence-electron chi connectivity index (χ4n) is 2.85. The zero-order valence-corrected chi connectivity index (χ0v) is 13.4. The Morgan fingerprint density at radius 1 is 1.30 bits per heavy atom. The van der Waals surface area contributed by atoms with Crippen LogP contribution >= 0.6 is 0 Å². The van der Waals surface area contributed by atoms with E-state index < -0.39 is 0 Å². The molecule has 3 rings (SSSR count). The Labute approximate surface area is 134 Å². The lowest BCUT2D eigenvalue weighted by molar-refractivity contribution is 0.0709. The van der Waals surface area contributed by atoms with Crippen molar-refractivity contribution in [1.29, 1.82) is 0 Å². The summed E-state index contributed by atoms with van der Waals surface area (Å²) in [7, 11) is 3.11. The predicted octanol–water partition coefficient (Wildman–Crippen LogP) is 2.37. The Hall–Kier alpha value is -2.57. The van der Waals surface area contributed by atoms with Crippen molar-refractivity contribution in [1.82, 2.24) is 15.0 Å². The molecular weight excluding hydrogens is 298 g/mol. The highest BCUT2D eigenvalue weighted by Gasteiger charge is 2.34. The van der Waals surface area contributed by atoms with Crippen LogP contribution in [0.5, 0.6) is 11.5 Å². The highest BCUT2D eigenvalue weighted by atomic mass is 16.5. The number of ether oxygens (including phenoxy) is 2. The summed E-state index contributed by atoms with van der Waals surface area (Å²) in [4.78, 5) is 18.9. The van der Waals surface area contributed by atoms with Gasteiger partial charge >= 0.3 is 0 Å². The number of carbonyl (C=O) groups excluding carboxylic acids is 1. The van der Waals surface area contributed by atoms with Gasteiger partial charge in [0.05, 0.1) is 14.2 Å². The molecule has 0 aliphatic carbocycles. The summed E-state index contributed by atoms with van der Waals surface area (Å²) in [6.07, 6.45) is 1.73. The minimum absolute atomic E-state index is 0.0793. The van der Waals surface area contributed by atoms with Crippen LogP contribution in [0.15, 0.2) is 22.7 Å². The monoisotopic (exact) mass is 317 g/mol. The van der Waals surface area contributed by atoms with Crippen LogP contribution in [0.4, 0.5) is 0 Å². The fourth-order valence-corrected chi connectivity index (χ4v) is 2.85. The lowest BCUT2D eigenvalue weighted by Gasteiger charge is -2.22. The molecule has 0 N–H and O–H groups in total. The van der Waals surface area contributed by atoms with Crippen molar-refractivity contribution >= 4 is 5.91 Å². The molecule has 2 aromatic rings. The number of likely N-dealkylation sites (tertiary alicyclic amines) is 1. The van der Waals surface area contributed by atoms with E-state index in [1.807, 2.05) is 0 Å². The maximum Gasteiger partial charge on any atom is 0.254 e. The Kier molecular flexibility index (Phi) is 4.18. The molecule has 23 heavy (non-hydrogen) atoms. The van der Waals surface area contributed by atoms with Gasteiger partial charge in [-0.05, 0) is 38.0 Å². The van der Waals surface area contributed by atoms with Gasteiger partial charge in [0.25, 0.3) is 5.91 Å². The number of aryl methyl sites for hydroxylation is 1. The van der Waals surface area contributed by atoms with Crippen LogP contribution in [0.2, 0.25) is 0 Å². The first-order valence-electron chi connectivity index (χ1n) is 7.47. The molecule has 7 heteroatoms. The molecule has 7 nitrogen and oxygen atoms in total. The summed E-state index contributed by atoms with van der Waals surface area (Å²) in [5.41, 5.74) is 0.547. The van der Waals surface area contributed by atoms with Crippen LogP contribution in [0.3, 0.4) is 0 Å². The summed E-state index contributed by atoms with van der Waals surface area (Å²) in [6.45, 7) is 2.43. The van der Waals surface area contributed by atoms with E-state index in [0.717, 1.165) is 12.8 Å². The number of amides is 1. The van der Waals surface area contributed by atoms with Crippen molar-refractivity contribution in [2.75, 3.05) is 20.8 Å². The third kappa shape index (κ3) is 2.86. The van der Waals surface area contributed by atoms with Crippen LogP contribution in [-0.2, 0) is 0 Å². The van der Waals surface area contributed by atoms with Gasteiger partial charge in [0.15, 0.2) is 17.3 Å². The zero-order chi connectivity index (χ0) is 16.4. The van der Waals surface area contributed by atoms with Crippen LogP contribution in [0, 0.1) is 6.92 Å². The molecule has 0 saturated carbocycles. The molecule has 1 aliphatic heterocycles. The molecule has 1 unspecified atom stereocenters. The number of carbonyl (C=O) groups is 1. The van der Waals surface area contributed by atoms with E-state index in [4.69, 9.17) is 14.0 Å². The minimum atomic E-state index is -0.170. The van der Waals surface area contributed by atoms with Gasteiger partial charge in [-0.15, -0.1) is 0 Å². The maximum atomic E-state index is 12.8. The molecule has 1 aromatic heterocycles. The number of aromatic nitrogens is 2. The van der Waals surface area contributed by atoms with E-state index in [1.165, 1.54) is 0 Å². The molecule has 1 fully saturated rings. The third-order valence-corrected chi connectivity index (χ3v) is 3.97. The molecule has 2 heterocycles. The van der Waals surface area contributed by atoms with E-state index >= 15 is 0 Å². The predicted molar refractivity (Wildman–Crippen MR) is 81.6 cm³/mol. The molecular formula is C16H19N3O4. The van der Waals surface area contributed by atoms with Crippen molar-refractivity contribution in [3.63, 3.8) is 0 Å². The van der Waals surface area contributed by atoms with Crippen molar-refractivity contribution < 1.29 is 18.8 Å². The molecule has 1 saturated heterocycles. The summed E-state index contributed by atoms with van der Waals surface area (Å²) in [6, 6.07) is 4.98. The van der Waals surface area contributed by atoms with Crippen molar-refractivity contribution in [3.05, 3.63) is 35.5 Å². The molecule has 1 aromatic carbocycles. The molecule has 1 atom stereocenters. The fraction of sp³-hybridized carbons (Fsp3) is 0.438. The number of nitrogens with zero attached hydrogens (tertiary/aromatic N) is 3. The number of rotatable bonds is 4. The van der Waals surface area contributed by atoms with E-state index in [1.54, 1.807) is 44.2 Å². The largest absolute Gasteiger partial charge is 0.493 e. The normalized spacial score (nSPS) is 17.3. The van der Waals surface area contributed by atoms with Gasteiger partial charge in [-0.3, -0.25) is 4.79 Å². The van der Waals surface area contributed by atoms with Gasteiger partial charge in [-0.2, -0.15) is 4.98 Å². The van der Waals surface area contributed by atoms with E-state index in [-0.39, 0.29) is 11.9 Å². The zero-order valence-electron chi connectivity index (χ0n) is 13.4. The average molecular weight is 317 g/mol. The summed E-state index contributed by atoms with van der Waals surface area (Å²) < 4.78 is 15.7. The Bertz CT molecular complexity index is 713. The van der Waals surface area contributed by atoms with Crippen LogP contribution in [-0.4, -0.2) is 41.7 Å². The van der Waals surface area contributed by atoms with Crippen molar-refractivity contribution in [2.24, 2.45) is 0 Å². The van der Waals surface area contributed by atoms with Crippen LogP contribution in [0.25, 0.3) is 0 Å². The average Bonchev–Trinajstić information content (AvgIpc) is 3.21. The first-order chi connectivity index (χ1) is 11.1. The molecule has 0 bridgehead atoms. The SMILES string of the molecule is COc1ccc(C(=O)N2CCCC2c2nc(C)no2)cc1OC. The van der Waals surface area contributed by atoms with Gasteiger partial charge in [-0.1, -0.05) is 5.16 Å². The minimum Gasteiger partial charge on any atom is -0.493 e. The van der Waals surface area contributed by atoms with E-state index in [9.17, 15) is 4.79 Å². The molecule has 1 amide bonds. The second kappa shape index (κ2) is 6.28. The molecule has 1 aliphatic rings. The van der Waals surface area contributed by atoms with Crippen LogP contribution in [0.1, 0.15) is 41.0 Å². The Morgan fingerprint density at radius 3 is 2.74 bits per heavy atom. The number of benzene rings is 1. The smallest absolute Gasteiger partial charge is 0.254 e. The van der Waals surface area contributed by atoms with Gasteiger partial charge in [0.1, 0.15) is 6.04 Å². The number of hydrogen-bond donors (Lipinski definition) is 0. The van der Waals surface area contributed by atoms with Crippen molar-refractivity contribution in [3.8, 4) is 11.5 Å². The van der Waals surface area contributed by atoms with Crippen LogP contribution < -0.4 is 9.47 Å². The number of methoxy groups -OCH3 is 2. The first-order valence-corrected chi connectivity index (χ1v) is 7.47. The van der Waals surface area contributed by atoms with Crippen molar-refractivity contribution in [2.45, 2.75) is 25.8 Å². The summed E-state index contributed by atoms with van der Waals surface area (Å²) >= 11 is 0. The lowest BCUT2D eigenvalue weighted by atomic mass is 10.1. The highest BCUT2D eigenvalue weighted by Crippen LogP contribution is 2.34. The third-order valence-electron chi connectivity index (χ3n) is 3.97. The standard InChI is InChI=1S/C16H19N3O4/c1-10-17-15(23-18-10)12-5-4-8-19(12)16(20)11-6-7-13(21-2)14(9-11)22-3/h6-7,9,12H,4-5,8H2,1-3H3. The van der Waals surface area contributed by atoms with Gasteiger partial charge in [0.2, 0.25) is 5.89 Å². The molecule has 122 valence electrons.